The Balaban J connectivity index is 2.52. The molecule has 5 nitrogen and oxygen atoms in total. The van der Waals surface area contributed by atoms with E-state index in [1.54, 1.807) is 26.2 Å². The molecule has 134 valence electrons. The first-order valence-electron chi connectivity index (χ1n) is 7.98. The molecule has 0 aliphatic heterocycles. The van der Waals surface area contributed by atoms with Gasteiger partial charge in [-0.05, 0) is 35.9 Å². The smallest absolute Gasteiger partial charge is 0.224 e. The standard InChI is InChI=1S/C19H23FN2O3/c1-12(11-21)19(23)22-18(13-5-4-6-15(9-13)24-2)16-10-14(20)7-8-17(16)25-3/h4-10,12,18H,11,21H2,1-3H3,(H,22,23). The molecule has 2 atom stereocenters. The highest BCUT2D eigenvalue weighted by Gasteiger charge is 2.23. The van der Waals surface area contributed by atoms with E-state index in [9.17, 15) is 9.18 Å². The number of carbonyl (C=O) groups excluding carboxylic acids is 1. The molecule has 0 radical (unpaired) electrons. The molecule has 2 aromatic carbocycles. The number of methoxy groups -OCH3 is 2. The van der Waals surface area contributed by atoms with Crippen LogP contribution < -0.4 is 20.5 Å². The highest BCUT2D eigenvalue weighted by molar-refractivity contribution is 5.79. The van der Waals surface area contributed by atoms with Crippen molar-refractivity contribution in [3.63, 3.8) is 0 Å². The zero-order chi connectivity index (χ0) is 18.4. The lowest BCUT2D eigenvalue weighted by atomic mass is 9.96. The van der Waals surface area contributed by atoms with Crippen LogP contribution in [-0.4, -0.2) is 26.7 Å². The fourth-order valence-corrected chi connectivity index (χ4v) is 2.48. The lowest BCUT2D eigenvalue weighted by Crippen LogP contribution is -2.36. The number of carbonyl (C=O) groups is 1. The molecule has 25 heavy (non-hydrogen) atoms. The van der Waals surface area contributed by atoms with E-state index in [1.807, 2.05) is 12.1 Å². The Kier molecular flexibility index (Phi) is 6.36. The Labute approximate surface area is 146 Å². The van der Waals surface area contributed by atoms with Gasteiger partial charge in [-0.3, -0.25) is 4.79 Å². The molecule has 6 heteroatoms. The molecule has 0 saturated carbocycles. The Hall–Kier alpha value is -2.60. The minimum atomic E-state index is -0.595. The predicted molar refractivity (Wildman–Crippen MR) is 94.2 cm³/mol. The van der Waals surface area contributed by atoms with Gasteiger partial charge in [-0.25, -0.2) is 4.39 Å². The van der Waals surface area contributed by atoms with E-state index in [2.05, 4.69) is 5.32 Å². The van der Waals surface area contributed by atoms with Crippen LogP contribution in [0.25, 0.3) is 0 Å². The van der Waals surface area contributed by atoms with Gasteiger partial charge in [-0.2, -0.15) is 0 Å². The van der Waals surface area contributed by atoms with Crippen molar-refractivity contribution in [2.75, 3.05) is 20.8 Å². The van der Waals surface area contributed by atoms with Crippen molar-refractivity contribution in [2.24, 2.45) is 11.7 Å². The highest BCUT2D eigenvalue weighted by atomic mass is 19.1. The second-order valence-electron chi connectivity index (χ2n) is 5.74. The maximum absolute atomic E-state index is 13.9. The van der Waals surface area contributed by atoms with Gasteiger partial charge in [0, 0.05) is 18.0 Å². The van der Waals surface area contributed by atoms with Gasteiger partial charge >= 0.3 is 0 Å². The maximum atomic E-state index is 13.9. The molecule has 0 aromatic heterocycles. The number of nitrogens with one attached hydrogen (secondary N) is 1. The summed E-state index contributed by atoms with van der Waals surface area (Å²) in [7, 11) is 3.07. The molecular formula is C19H23FN2O3. The van der Waals surface area contributed by atoms with Crippen LogP contribution in [0.4, 0.5) is 4.39 Å². The van der Waals surface area contributed by atoms with E-state index in [-0.39, 0.29) is 18.4 Å². The van der Waals surface area contributed by atoms with Crippen molar-refractivity contribution in [3.05, 3.63) is 59.4 Å². The third-order valence-electron chi connectivity index (χ3n) is 4.02. The molecule has 0 fully saturated rings. The summed E-state index contributed by atoms with van der Waals surface area (Å²) in [6.45, 7) is 1.96. The van der Waals surface area contributed by atoms with Crippen molar-refractivity contribution < 1.29 is 18.7 Å². The van der Waals surface area contributed by atoms with Crippen LogP contribution in [0, 0.1) is 11.7 Å². The van der Waals surface area contributed by atoms with E-state index in [1.165, 1.54) is 25.3 Å². The fraction of sp³-hybridized carbons (Fsp3) is 0.316. The monoisotopic (exact) mass is 346 g/mol. The van der Waals surface area contributed by atoms with Gasteiger partial charge in [0.1, 0.15) is 17.3 Å². The third kappa shape index (κ3) is 4.48. The van der Waals surface area contributed by atoms with Crippen LogP contribution in [0.2, 0.25) is 0 Å². The van der Waals surface area contributed by atoms with Crippen LogP contribution in [0.15, 0.2) is 42.5 Å². The Morgan fingerprint density at radius 3 is 2.60 bits per heavy atom. The van der Waals surface area contributed by atoms with Crippen molar-refractivity contribution >= 4 is 5.91 Å². The highest BCUT2D eigenvalue weighted by Crippen LogP contribution is 2.32. The summed E-state index contributed by atoms with van der Waals surface area (Å²) in [6, 6.07) is 10.9. The van der Waals surface area contributed by atoms with Gasteiger partial charge < -0.3 is 20.5 Å². The van der Waals surface area contributed by atoms with E-state index >= 15 is 0 Å². The van der Waals surface area contributed by atoms with Crippen LogP contribution in [0.5, 0.6) is 11.5 Å². The number of nitrogens with two attached hydrogens (primary N) is 1. The van der Waals surface area contributed by atoms with Crippen molar-refractivity contribution in [2.45, 2.75) is 13.0 Å². The van der Waals surface area contributed by atoms with Gasteiger partial charge in [0.2, 0.25) is 5.91 Å². The summed E-state index contributed by atoms with van der Waals surface area (Å²) in [6.07, 6.45) is 0. The first-order valence-corrected chi connectivity index (χ1v) is 7.98. The maximum Gasteiger partial charge on any atom is 0.224 e. The summed E-state index contributed by atoms with van der Waals surface area (Å²) >= 11 is 0. The number of ether oxygens (including phenoxy) is 2. The molecule has 2 unspecified atom stereocenters. The molecular weight excluding hydrogens is 323 g/mol. The number of benzene rings is 2. The van der Waals surface area contributed by atoms with E-state index in [0.717, 1.165) is 5.56 Å². The number of amides is 1. The quantitative estimate of drug-likeness (QED) is 0.808. The lowest BCUT2D eigenvalue weighted by molar-refractivity contribution is -0.124. The molecule has 0 bridgehead atoms. The average Bonchev–Trinajstić information content (AvgIpc) is 2.65. The summed E-state index contributed by atoms with van der Waals surface area (Å²) in [5.41, 5.74) is 6.86. The summed E-state index contributed by atoms with van der Waals surface area (Å²) in [5, 5.41) is 2.93. The summed E-state index contributed by atoms with van der Waals surface area (Å²) in [5.74, 6) is 0.119. The van der Waals surface area contributed by atoms with Crippen molar-refractivity contribution in [1.29, 1.82) is 0 Å². The van der Waals surface area contributed by atoms with Gasteiger partial charge in [-0.1, -0.05) is 19.1 Å². The van der Waals surface area contributed by atoms with E-state index in [4.69, 9.17) is 15.2 Å². The minimum Gasteiger partial charge on any atom is -0.497 e. The largest absolute Gasteiger partial charge is 0.497 e. The van der Waals surface area contributed by atoms with Crippen molar-refractivity contribution in [3.8, 4) is 11.5 Å². The van der Waals surface area contributed by atoms with Gasteiger partial charge in [0.15, 0.2) is 0 Å². The first kappa shape index (κ1) is 18.7. The predicted octanol–water partition coefficient (Wildman–Crippen LogP) is 2.64. The molecule has 0 spiro atoms. The zero-order valence-electron chi connectivity index (χ0n) is 14.6. The number of hydrogen-bond donors (Lipinski definition) is 2. The van der Waals surface area contributed by atoms with E-state index in [0.29, 0.717) is 17.1 Å². The topological polar surface area (TPSA) is 73.6 Å². The minimum absolute atomic E-state index is 0.219. The molecule has 3 N–H and O–H groups in total. The number of halogens is 1. The average molecular weight is 346 g/mol. The molecule has 2 aromatic rings. The first-order chi connectivity index (χ1) is 12.0. The lowest BCUT2D eigenvalue weighted by Gasteiger charge is -2.24. The number of rotatable bonds is 7. The Bertz CT molecular complexity index is 736. The second-order valence-corrected chi connectivity index (χ2v) is 5.74. The van der Waals surface area contributed by atoms with Crippen molar-refractivity contribution in [1.82, 2.24) is 5.32 Å². The van der Waals surface area contributed by atoms with Crippen LogP contribution in [0.1, 0.15) is 24.1 Å². The van der Waals surface area contributed by atoms with Crippen LogP contribution in [0.3, 0.4) is 0 Å². The van der Waals surface area contributed by atoms with Gasteiger partial charge in [0.25, 0.3) is 0 Å². The fourth-order valence-electron chi connectivity index (χ4n) is 2.48. The normalized spacial score (nSPS) is 13.0. The SMILES string of the molecule is COc1cccc(C(NC(=O)C(C)CN)c2cc(F)ccc2OC)c1. The zero-order valence-corrected chi connectivity index (χ0v) is 14.6. The van der Waals surface area contributed by atoms with Crippen LogP contribution >= 0.6 is 0 Å². The van der Waals surface area contributed by atoms with Gasteiger partial charge in [-0.15, -0.1) is 0 Å². The Morgan fingerprint density at radius 2 is 1.96 bits per heavy atom. The van der Waals surface area contributed by atoms with Crippen LogP contribution in [-0.2, 0) is 4.79 Å². The molecule has 0 aliphatic carbocycles. The van der Waals surface area contributed by atoms with Gasteiger partial charge in [0.05, 0.1) is 20.3 Å². The third-order valence-corrected chi connectivity index (χ3v) is 4.02. The molecule has 0 heterocycles. The molecule has 0 aliphatic rings. The molecule has 2 rings (SSSR count). The Morgan fingerprint density at radius 1 is 1.20 bits per heavy atom. The second kappa shape index (κ2) is 8.48. The molecule has 0 saturated heterocycles. The summed E-state index contributed by atoms with van der Waals surface area (Å²) in [4.78, 5) is 12.4. The molecule has 1 amide bonds. The summed E-state index contributed by atoms with van der Waals surface area (Å²) < 4.78 is 24.5. The van der Waals surface area contributed by atoms with E-state index < -0.39 is 11.9 Å². The number of hydrogen-bond acceptors (Lipinski definition) is 4.